The van der Waals surface area contributed by atoms with Crippen molar-refractivity contribution in [3.05, 3.63) is 33.5 Å². The first-order chi connectivity index (χ1) is 12.4. The molecular weight excluding hydrogens is 368 g/mol. The van der Waals surface area contributed by atoms with Crippen molar-refractivity contribution in [2.45, 2.75) is 64.1 Å². The van der Waals surface area contributed by atoms with Gasteiger partial charge in [0.05, 0.1) is 0 Å². The van der Waals surface area contributed by atoms with Crippen LogP contribution in [-0.2, 0) is 4.79 Å². The molecule has 1 aliphatic carbocycles. The molecule has 2 amide bonds. The summed E-state index contributed by atoms with van der Waals surface area (Å²) in [5.41, 5.74) is -0.0638. The highest BCUT2D eigenvalue weighted by Gasteiger charge is 2.40. The summed E-state index contributed by atoms with van der Waals surface area (Å²) in [7, 11) is 0. The van der Waals surface area contributed by atoms with Crippen LogP contribution in [0.25, 0.3) is 0 Å². The van der Waals surface area contributed by atoms with Crippen molar-refractivity contribution < 1.29 is 9.59 Å². The number of amides is 2. The second kappa shape index (κ2) is 7.84. The van der Waals surface area contributed by atoms with E-state index < -0.39 is 6.04 Å². The number of aromatic nitrogens is 2. The van der Waals surface area contributed by atoms with Gasteiger partial charge in [-0.2, -0.15) is 0 Å². The van der Waals surface area contributed by atoms with Crippen molar-refractivity contribution in [1.29, 1.82) is 0 Å². The standard InChI is InChI=1S/C18H24N4O2S2/c1-18(2,3)19-16(23)15(14-9-6-10-25-14)22(12-7-4-5-8-12)17(24)13-11-26-21-20-13/h6,9-12,15H,4-5,7-8H2,1-3H3,(H,19,23)/t15-/m0/s1. The Kier molecular flexibility index (Phi) is 5.72. The van der Waals surface area contributed by atoms with Gasteiger partial charge in [-0.15, -0.1) is 16.4 Å². The smallest absolute Gasteiger partial charge is 0.276 e. The molecule has 6 nitrogen and oxygen atoms in total. The number of nitrogens with one attached hydrogen (secondary N) is 1. The lowest BCUT2D eigenvalue weighted by Crippen LogP contribution is -2.51. The highest BCUT2D eigenvalue weighted by molar-refractivity contribution is 7.10. The van der Waals surface area contributed by atoms with Crippen molar-refractivity contribution in [2.75, 3.05) is 0 Å². The van der Waals surface area contributed by atoms with Gasteiger partial charge < -0.3 is 10.2 Å². The zero-order chi connectivity index (χ0) is 18.7. The number of carbonyl (C=O) groups excluding carboxylic acids is 2. The maximum atomic E-state index is 13.3. The van der Waals surface area contributed by atoms with Crippen molar-refractivity contribution in [3.63, 3.8) is 0 Å². The van der Waals surface area contributed by atoms with Gasteiger partial charge in [0.2, 0.25) is 5.91 Å². The molecule has 2 aromatic heterocycles. The van der Waals surface area contributed by atoms with Gasteiger partial charge in [-0.3, -0.25) is 9.59 Å². The lowest BCUT2D eigenvalue weighted by Gasteiger charge is -2.36. The Morgan fingerprint density at radius 2 is 2.04 bits per heavy atom. The topological polar surface area (TPSA) is 75.2 Å². The molecule has 1 N–H and O–H groups in total. The van der Waals surface area contributed by atoms with Crippen molar-refractivity contribution >= 4 is 34.7 Å². The van der Waals surface area contributed by atoms with Crippen molar-refractivity contribution in [1.82, 2.24) is 19.8 Å². The molecule has 0 unspecified atom stereocenters. The first-order valence-electron chi connectivity index (χ1n) is 8.82. The van der Waals surface area contributed by atoms with Crippen molar-refractivity contribution in [3.8, 4) is 0 Å². The van der Waals surface area contributed by atoms with Gasteiger partial charge in [0.25, 0.3) is 5.91 Å². The van der Waals surface area contributed by atoms with E-state index in [0.717, 1.165) is 42.1 Å². The molecule has 26 heavy (non-hydrogen) atoms. The first kappa shape index (κ1) is 19.0. The van der Waals surface area contributed by atoms with Gasteiger partial charge in [0.1, 0.15) is 6.04 Å². The van der Waals surface area contributed by atoms with Crippen molar-refractivity contribution in [2.24, 2.45) is 0 Å². The van der Waals surface area contributed by atoms with Crippen LogP contribution in [0.4, 0.5) is 0 Å². The molecular formula is C18H24N4O2S2. The molecule has 140 valence electrons. The van der Waals surface area contributed by atoms with Crippen LogP contribution in [0.1, 0.15) is 67.9 Å². The number of nitrogens with zero attached hydrogens (tertiary/aromatic N) is 3. The maximum Gasteiger partial charge on any atom is 0.276 e. The molecule has 0 aliphatic heterocycles. The Bertz CT molecular complexity index is 732. The van der Waals surface area contributed by atoms with E-state index in [0.29, 0.717) is 5.69 Å². The minimum atomic E-state index is -0.647. The highest BCUT2D eigenvalue weighted by atomic mass is 32.1. The number of rotatable bonds is 5. The second-order valence-corrected chi connectivity index (χ2v) is 9.19. The lowest BCUT2D eigenvalue weighted by molar-refractivity contribution is -0.128. The van der Waals surface area contributed by atoms with E-state index in [1.54, 1.807) is 10.3 Å². The molecule has 0 spiro atoms. The van der Waals surface area contributed by atoms with Crippen LogP contribution in [0.5, 0.6) is 0 Å². The normalized spacial score (nSPS) is 16.4. The van der Waals surface area contributed by atoms with Gasteiger partial charge in [-0.25, -0.2) is 0 Å². The molecule has 0 radical (unpaired) electrons. The van der Waals surface area contributed by atoms with Crippen LogP contribution >= 0.6 is 22.9 Å². The molecule has 1 atom stereocenters. The molecule has 0 aromatic carbocycles. The number of carbonyl (C=O) groups is 2. The minimum Gasteiger partial charge on any atom is -0.349 e. The number of hydrogen-bond acceptors (Lipinski definition) is 6. The van der Waals surface area contributed by atoms with Crippen LogP contribution < -0.4 is 5.32 Å². The minimum absolute atomic E-state index is 0.0435. The third kappa shape index (κ3) is 4.29. The summed E-state index contributed by atoms with van der Waals surface area (Å²) < 4.78 is 3.82. The largest absolute Gasteiger partial charge is 0.349 e. The second-order valence-electron chi connectivity index (χ2n) is 7.60. The van der Waals surface area contributed by atoms with E-state index in [-0.39, 0.29) is 23.4 Å². The van der Waals surface area contributed by atoms with Crippen LogP contribution in [0.15, 0.2) is 22.9 Å². The number of thiophene rings is 1. The summed E-state index contributed by atoms with van der Waals surface area (Å²) in [4.78, 5) is 29.1. The SMILES string of the molecule is CC(C)(C)NC(=O)[C@H](c1cccs1)N(C(=O)c1csnn1)C1CCCC1. The molecule has 3 rings (SSSR count). The third-order valence-corrected chi connectivity index (χ3v) is 5.80. The van der Waals surface area contributed by atoms with Crippen LogP contribution in [-0.4, -0.2) is 37.9 Å². The van der Waals surface area contributed by atoms with Crippen LogP contribution in [0, 0.1) is 0 Å². The van der Waals surface area contributed by atoms with Gasteiger partial charge in [-0.1, -0.05) is 23.4 Å². The first-order valence-corrected chi connectivity index (χ1v) is 10.5. The molecule has 2 aromatic rings. The van der Waals surface area contributed by atoms with E-state index in [9.17, 15) is 9.59 Å². The average molecular weight is 393 g/mol. The quantitative estimate of drug-likeness (QED) is 0.843. The Morgan fingerprint density at radius 3 is 2.58 bits per heavy atom. The molecule has 8 heteroatoms. The summed E-state index contributed by atoms with van der Waals surface area (Å²) in [5, 5.41) is 10.6. The van der Waals surface area contributed by atoms with Crippen LogP contribution in [0.2, 0.25) is 0 Å². The average Bonchev–Trinajstić information content (AvgIpc) is 3.33. The zero-order valence-electron chi connectivity index (χ0n) is 15.3. The fourth-order valence-corrected chi connectivity index (χ4v) is 4.59. The fourth-order valence-electron chi connectivity index (χ4n) is 3.34. The Balaban J connectivity index is 2.00. The molecule has 1 aliphatic rings. The fraction of sp³-hybridized carbons (Fsp3) is 0.556. The molecule has 0 bridgehead atoms. The summed E-state index contributed by atoms with van der Waals surface area (Å²) in [5.74, 6) is -0.364. The van der Waals surface area contributed by atoms with E-state index >= 15 is 0 Å². The van der Waals surface area contributed by atoms with Gasteiger partial charge in [0, 0.05) is 21.8 Å². The summed E-state index contributed by atoms with van der Waals surface area (Å²) in [6.45, 7) is 5.84. The van der Waals surface area contributed by atoms with E-state index in [4.69, 9.17) is 0 Å². The predicted molar refractivity (Wildman–Crippen MR) is 103 cm³/mol. The molecule has 1 fully saturated rings. The molecule has 2 heterocycles. The highest BCUT2D eigenvalue weighted by Crippen LogP contribution is 2.35. The van der Waals surface area contributed by atoms with E-state index in [1.165, 1.54) is 11.3 Å². The lowest BCUT2D eigenvalue weighted by atomic mass is 10.0. The van der Waals surface area contributed by atoms with E-state index in [2.05, 4.69) is 14.9 Å². The monoisotopic (exact) mass is 392 g/mol. The summed E-state index contributed by atoms with van der Waals surface area (Å²) >= 11 is 2.65. The summed E-state index contributed by atoms with van der Waals surface area (Å²) in [6.07, 6.45) is 3.96. The summed E-state index contributed by atoms with van der Waals surface area (Å²) in [6, 6.07) is 3.24. The Labute approximate surface area is 161 Å². The third-order valence-electron chi connectivity index (χ3n) is 4.37. The Hall–Kier alpha value is -1.80. The van der Waals surface area contributed by atoms with E-state index in [1.807, 2.05) is 38.3 Å². The predicted octanol–water partition coefficient (Wildman–Crippen LogP) is 3.64. The molecule has 0 saturated heterocycles. The zero-order valence-corrected chi connectivity index (χ0v) is 16.9. The maximum absolute atomic E-state index is 13.3. The Morgan fingerprint density at radius 1 is 1.31 bits per heavy atom. The number of hydrogen-bond donors (Lipinski definition) is 1. The van der Waals surface area contributed by atoms with Gasteiger partial charge in [-0.05, 0) is 56.6 Å². The van der Waals surface area contributed by atoms with Gasteiger partial charge >= 0.3 is 0 Å². The molecule has 1 saturated carbocycles. The van der Waals surface area contributed by atoms with Gasteiger partial charge in [0.15, 0.2) is 5.69 Å². The van der Waals surface area contributed by atoms with Crippen LogP contribution in [0.3, 0.4) is 0 Å².